The van der Waals surface area contributed by atoms with E-state index >= 15 is 0 Å². The lowest BCUT2D eigenvalue weighted by Crippen LogP contribution is -2.12. The molecule has 0 aliphatic heterocycles. The Morgan fingerprint density at radius 2 is 2.21 bits per heavy atom. The molecule has 2 rings (SSSR count). The van der Waals surface area contributed by atoms with Crippen LogP contribution in [0.25, 0.3) is 0 Å². The van der Waals surface area contributed by atoms with Crippen LogP contribution in [-0.4, -0.2) is 5.84 Å². The predicted octanol–water partition coefficient (Wildman–Crippen LogP) is 3.50. The van der Waals surface area contributed by atoms with E-state index in [0.29, 0.717) is 10.9 Å². The highest BCUT2D eigenvalue weighted by molar-refractivity contribution is 9.10. The first-order valence-corrected chi connectivity index (χ1v) is 5.63. The van der Waals surface area contributed by atoms with E-state index in [9.17, 15) is 0 Å². The third-order valence-corrected chi connectivity index (χ3v) is 3.37. The van der Waals surface area contributed by atoms with Gasteiger partial charge >= 0.3 is 0 Å². The van der Waals surface area contributed by atoms with Gasteiger partial charge in [-0.05, 0) is 47.0 Å². The molecule has 1 aliphatic carbocycles. The van der Waals surface area contributed by atoms with Crippen LogP contribution in [-0.2, 0) is 0 Å². The molecule has 1 aliphatic rings. The first-order chi connectivity index (χ1) is 6.66. The van der Waals surface area contributed by atoms with E-state index in [2.05, 4.69) is 20.9 Å². The molecule has 14 heavy (non-hydrogen) atoms. The Hall–Kier alpha value is -0.540. The van der Waals surface area contributed by atoms with Gasteiger partial charge in [0.15, 0.2) is 0 Å². The van der Waals surface area contributed by atoms with Gasteiger partial charge in [-0.2, -0.15) is 0 Å². The van der Waals surface area contributed by atoms with Crippen LogP contribution in [0.15, 0.2) is 27.7 Å². The number of halogens is 2. The molecule has 0 radical (unpaired) electrons. The molecule has 0 bridgehead atoms. The Bertz CT molecular complexity index is 386. The largest absolute Gasteiger partial charge is 0.387 e. The summed E-state index contributed by atoms with van der Waals surface area (Å²) in [4.78, 5) is 4.33. The molecular weight excluding hydrogens is 263 g/mol. The standard InChI is InChI=1S/C10H10BrClN2/c11-8-5-7(3-4-9(8)12)14-10(13)6-1-2-6/h3-6H,1-2H2,(H2,13,14). The van der Waals surface area contributed by atoms with Crippen LogP contribution in [0.2, 0.25) is 5.02 Å². The summed E-state index contributed by atoms with van der Waals surface area (Å²) in [6.45, 7) is 0. The predicted molar refractivity (Wildman–Crippen MR) is 63.2 cm³/mol. The Morgan fingerprint density at radius 1 is 1.50 bits per heavy atom. The fourth-order valence-corrected chi connectivity index (χ4v) is 1.66. The van der Waals surface area contributed by atoms with Crippen molar-refractivity contribution >= 4 is 39.1 Å². The lowest BCUT2D eigenvalue weighted by Gasteiger charge is -2.00. The molecule has 1 fully saturated rings. The minimum Gasteiger partial charge on any atom is -0.387 e. The van der Waals surface area contributed by atoms with Gasteiger partial charge in [-0.25, -0.2) is 4.99 Å². The Labute approximate surface area is 96.3 Å². The third kappa shape index (κ3) is 2.28. The van der Waals surface area contributed by atoms with Crippen molar-refractivity contribution in [2.75, 3.05) is 0 Å². The highest BCUT2D eigenvalue weighted by Gasteiger charge is 2.25. The number of nitrogens with zero attached hydrogens (tertiary/aromatic N) is 1. The molecule has 1 aromatic rings. The van der Waals surface area contributed by atoms with Crippen LogP contribution >= 0.6 is 27.5 Å². The molecule has 0 saturated heterocycles. The van der Waals surface area contributed by atoms with Gasteiger partial charge < -0.3 is 5.73 Å². The molecule has 2 N–H and O–H groups in total. The van der Waals surface area contributed by atoms with Gasteiger partial charge in [0.25, 0.3) is 0 Å². The number of nitrogens with two attached hydrogens (primary N) is 1. The second-order valence-corrected chi connectivity index (χ2v) is 4.67. The molecular formula is C10H10BrClN2. The number of amidine groups is 1. The van der Waals surface area contributed by atoms with E-state index in [1.54, 1.807) is 0 Å². The molecule has 4 heteroatoms. The molecule has 0 spiro atoms. The summed E-state index contributed by atoms with van der Waals surface area (Å²) >= 11 is 9.21. The summed E-state index contributed by atoms with van der Waals surface area (Å²) in [5, 5.41) is 0.689. The zero-order valence-electron chi connectivity index (χ0n) is 7.50. The highest BCUT2D eigenvalue weighted by Crippen LogP contribution is 2.31. The van der Waals surface area contributed by atoms with Gasteiger partial charge in [0.1, 0.15) is 5.84 Å². The van der Waals surface area contributed by atoms with Crippen molar-refractivity contribution in [2.24, 2.45) is 16.6 Å². The summed E-state index contributed by atoms with van der Waals surface area (Å²) in [5.74, 6) is 1.24. The van der Waals surface area contributed by atoms with E-state index in [1.165, 1.54) is 12.8 Å². The fourth-order valence-electron chi connectivity index (χ4n) is 1.17. The van der Waals surface area contributed by atoms with Crippen LogP contribution < -0.4 is 5.73 Å². The summed E-state index contributed by atoms with van der Waals surface area (Å²) in [6, 6.07) is 5.55. The summed E-state index contributed by atoms with van der Waals surface area (Å²) < 4.78 is 0.851. The van der Waals surface area contributed by atoms with Crippen molar-refractivity contribution in [1.29, 1.82) is 0 Å². The molecule has 1 saturated carbocycles. The van der Waals surface area contributed by atoms with Crippen LogP contribution in [0.3, 0.4) is 0 Å². The molecule has 0 unspecified atom stereocenters. The van der Waals surface area contributed by atoms with Crippen molar-refractivity contribution < 1.29 is 0 Å². The van der Waals surface area contributed by atoms with E-state index < -0.39 is 0 Å². The maximum absolute atomic E-state index is 5.87. The normalized spacial score (nSPS) is 17.1. The van der Waals surface area contributed by atoms with Gasteiger partial charge in [-0.1, -0.05) is 11.6 Å². The van der Waals surface area contributed by atoms with E-state index in [1.807, 2.05) is 18.2 Å². The van der Waals surface area contributed by atoms with E-state index in [0.717, 1.165) is 16.0 Å². The second-order valence-electron chi connectivity index (χ2n) is 3.41. The third-order valence-electron chi connectivity index (χ3n) is 2.16. The molecule has 74 valence electrons. The average molecular weight is 274 g/mol. The van der Waals surface area contributed by atoms with Gasteiger partial charge in [-0.15, -0.1) is 0 Å². The van der Waals surface area contributed by atoms with Crippen molar-refractivity contribution in [3.63, 3.8) is 0 Å². The zero-order chi connectivity index (χ0) is 10.1. The lowest BCUT2D eigenvalue weighted by molar-refractivity contribution is 1.15. The van der Waals surface area contributed by atoms with Crippen molar-refractivity contribution in [1.82, 2.24) is 0 Å². The molecule has 0 atom stereocenters. The second kappa shape index (κ2) is 3.91. The van der Waals surface area contributed by atoms with E-state index in [4.69, 9.17) is 17.3 Å². The molecule has 0 amide bonds. The number of benzene rings is 1. The first kappa shape index (κ1) is 9.99. The molecule has 2 nitrogen and oxygen atoms in total. The monoisotopic (exact) mass is 272 g/mol. The zero-order valence-corrected chi connectivity index (χ0v) is 9.85. The van der Waals surface area contributed by atoms with Crippen molar-refractivity contribution in [3.05, 3.63) is 27.7 Å². The Balaban J connectivity index is 2.24. The first-order valence-electron chi connectivity index (χ1n) is 4.46. The molecule has 0 heterocycles. The smallest absolute Gasteiger partial charge is 0.103 e. The minimum absolute atomic E-state index is 0.504. The van der Waals surface area contributed by atoms with E-state index in [-0.39, 0.29) is 0 Å². The molecule has 0 aromatic heterocycles. The summed E-state index contributed by atoms with van der Waals surface area (Å²) in [7, 11) is 0. The van der Waals surface area contributed by atoms with Gasteiger partial charge in [-0.3, -0.25) is 0 Å². The topological polar surface area (TPSA) is 38.4 Å². The summed E-state index contributed by atoms with van der Waals surface area (Å²) in [5.41, 5.74) is 6.65. The minimum atomic E-state index is 0.504. The van der Waals surface area contributed by atoms with Gasteiger partial charge in [0.05, 0.1) is 10.7 Å². The number of rotatable bonds is 2. The SMILES string of the molecule is NC(=Nc1ccc(Cl)c(Br)c1)C1CC1. The van der Waals surface area contributed by atoms with Crippen LogP contribution in [0.4, 0.5) is 5.69 Å². The van der Waals surface area contributed by atoms with Crippen LogP contribution in [0.1, 0.15) is 12.8 Å². The number of hydrogen-bond acceptors (Lipinski definition) is 1. The highest BCUT2D eigenvalue weighted by atomic mass is 79.9. The van der Waals surface area contributed by atoms with Crippen LogP contribution in [0, 0.1) is 5.92 Å². The fraction of sp³-hybridized carbons (Fsp3) is 0.300. The van der Waals surface area contributed by atoms with Gasteiger partial charge in [0, 0.05) is 10.4 Å². The maximum Gasteiger partial charge on any atom is 0.103 e. The average Bonchev–Trinajstić information content (AvgIpc) is 2.94. The number of hydrogen-bond donors (Lipinski definition) is 1. The van der Waals surface area contributed by atoms with Gasteiger partial charge in [0.2, 0.25) is 0 Å². The van der Waals surface area contributed by atoms with Crippen molar-refractivity contribution in [2.45, 2.75) is 12.8 Å². The quantitative estimate of drug-likeness (QED) is 0.650. The Kier molecular flexibility index (Phi) is 2.79. The Morgan fingerprint density at radius 3 is 2.79 bits per heavy atom. The van der Waals surface area contributed by atoms with Crippen molar-refractivity contribution in [3.8, 4) is 0 Å². The summed E-state index contributed by atoms with van der Waals surface area (Å²) in [6.07, 6.45) is 2.34. The lowest BCUT2D eigenvalue weighted by atomic mass is 10.3. The molecule has 1 aromatic carbocycles. The maximum atomic E-state index is 5.87. The van der Waals surface area contributed by atoms with Crippen LogP contribution in [0.5, 0.6) is 0 Å². The number of aliphatic imine (C=N–C) groups is 1.